The van der Waals surface area contributed by atoms with Crippen LogP contribution in [0.25, 0.3) is 22.0 Å². The second kappa shape index (κ2) is 8.07. The minimum absolute atomic E-state index is 0.102. The van der Waals surface area contributed by atoms with Crippen LogP contribution in [-0.4, -0.2) is 20.7 Å². The summed E-state index contributed by atoms with van der Waals surface area (Å²) in [6.07, 6.45) is 0. The Balaban J connectivity index is 1.71. The average Bonchev–Trinajstić information content (AvgIpc) is 2.78. The van der Waals surface area contributed by atoms with Crippen molar-refractivity contribution in [1.82, 2.24) is 9.78 Å². The molecule has 0 unspecified atom stereocenters. The Hall–Kier alpha value is -4.33. The lowest BCUT2D eigenvalue weighted by Gasteiger charge is -2.14. The maximum atomic E-state index is 12.6. The van der Waals surface area contributed by atoms with Crippen LogP contribution in [0.4, 0.5) is 5.69 Å². The summed E-state index contributed by atoms with van der Waals surface area (Å²) in [6, 6.07) is 16.2. The molecule has 0 saturated carbocycles. The van der Waals surface area contributed by atoms with Crippen LogP contribution in [0.2, 0.25) is 0 Å². The maximum absolute atomic E-state index is 12.6. The molecule has 8 nitrogen and oxygen atoms in total. The van der Waals surface area contributed by atoms with Crippen molar-refractivity contribution in [1.29, 1.82) is 0 Å². The highest BCUT2D eigenvalue weighted by Crippen LogP contribution is 2.32. The van der Waals surface area contributed by atoms with Gasteiger partial charge in [-0.2, -0.15) is 5.10 Å². The molecule has 0 radical (unpaired) electrons. The van der Waals surface area contributed by atoms with E-state index in [1.54, 1.807) is 13.1 Å². The van der Waals surface area contributed by atoms with Gasteiger partial charge in [-0.1, -0.05) is 18.2 Å². The van der Waals surface area contributed by atoms with Crippen molar-refractivity contribution in [3.63, 3.8) is 0 Å². The van der Waals surface area contributed by atoms with E-state index in [2.05, 4.69) is 5.10 Å². The van der Waals surface area contributed by atoms with Crippen LogP contribution >= 0.6 is 0 Å². The molecule has 0 atom stereocenters. The third-order valence-electron chi connectivity index (χ3n) is 5.20. The molecule has 32 heavy (non-hydrogen) atoms. The predicted octanol–water partition coefficient (Wildman–Crippen LogP) is 4.34. The van der Waals surface area contributed by atoms with Crippen LogP contribution in [0.3, 0.4) is 0 Å². The molecule has 0 saturated heterocycles. The standard InChI is InChI=1S/C24H19N3O5/c1-14-12-17(21-19-6-4-5-7-20(19)23(28)26(3)25-21)13-15(2)22(14)32-24(29)16-8-10-18(11-9-16)27(30)31/h4-13H,1-3H3. The molecule has 0 N–H and O–H groups in total. The maximum Gasteiger partial charge on any atom is 0.343 e. The van der Waals surface area contributed by atoms with Crippen molar-refractivity contribution in [2.75, 3.05) is 0 Å². The van der Waals surface area contributed by atoms with E-state index in [0.29, 0.717) is 16.8 Å². The highest BCUT2D eigenvalue weighted by atomic mass is 16.6. The second-order valence-electron chi connectivity index (χ2n) is 7.46. The van der Waals surface area contributed by atoms with Gasteiger partial charge in [-0.05, 0) is 55.3 Å². The Morgan fingerprint density at radius 2 is 1.59 bits per heavy atom. The Kier molecular flexibility index (Phi) is 5.28. The number of rotatable bonds is 4. The quantitative estimate of drug-likeness (QED) is 0.207. The first-order valence-electron chi connectivity index (χ1n) is 9.80. The van der Waals surface area contributed by atoms with Gasteiger partial charge in [-0.25, -0.2) is 9.48 Å². The number of non-ortho nitro benzene ring substituents is 1. The van der Waals surface area contributed by atoms with E-state index in [4.69, 9.17) is 4.74 Å². The molecule has 0 spiro atoms. The van der Waals surface area contributed by atoms with Crippen molar-refractivity contribution in [3.05, 3.63) is 97.8 Å². The van der Waals surface area contributed by atoms with E-state index in [-0.39, 0.29) is 16.8 Å². The monoisotopic (exact) mass is 429 g/mol. The van der Waals surface area contributed by atoms with E-state index in [0.717, 1.165) is 22.1 Å². The first-order chi connectivity index (χ1) is 15.3. The largest absolute Gasteiger partial charge is 0.422 e. The van der Waals surface area contributed by atoms with Crippen LogP contribution < -0.4 is 10.3 Å². The number of fused-ring (bicyclic) bond motifs is 1. The van der Waals surface area contributed by atoms with Gasteiger partial charge >= 0.3 is 5.97 Å². The summed E-state index contributed by atoms with van der Waals surface area (Å²) in [4.78, 5) is 35.3. The van der Waals surface area contributed by atoms with Gasteiger partial charge in [0.05, 0.1) is 21.6 Å². The van der Waals surface area contributed by atoms with Crippen LogP contribution in [0, 0.1) is 24.0 Å². The summed E-state index contributed by atoms with van der Waals surface area (Å²) in [6.45, 7) is 3.64. The Morgan fingerprint density at radius 3 is 2.19 bits per heavy atom. The van der Waals surface area contributed by atoms with Gasteiger partial charge < -0.3 is 4.74 Å². The molecule has 0 aliphatic heterocycles. The molecule has 0 aliphatic rings. The van der Waals surface area contributed by atoms with Gasteiger partial charge in [-0.15, -0.1) is 0 Å². The van der Waals surface area contributed by atoms with E-state index >= 15 is 0 Å². The normalized spacial score (nSPS) is 10.8. The highest BCUT2D eigenvalue weighted by Gasteiger charge is 2.17. The number of hydrogen-bond acceptors (Lipinski definition) is 6. The fourth-order valence-electron chi connectivity index (χ4n) is 3.63. The van der Waals surface area contributed by atoms with Gasteiger partial charge in [0.25, 0.3) is 11.2 Å². The summed E-state index contributed by atoms with van der Waals surface area (Å²) in [5.74, 6) is -0.198. The van der Waals surface area contributed by atoms with E-state index in [1.807, 2.05) is 44.2 Å². The lowest BCUT2D eigenvalue weighted by molar-refractivity contribution is -0.384. The number of benzene rings is 3. The topological polar surface area (TPSA) is 104 Å². The number of carbonyl (C=O) groups excluding carboxylic acids is 1. The molecule has 8 heteroatoms. The molecular weight excluding hydrogens is 410 g/mol. The number of aromatic nitrogens is 2. The zero-order valence-electron chi connectivity index (χ0n) is 17.7. The lowest BCUT2D eigenvalue weighted by Crippen LogP contribution is -2.20. The van der Waals surface area contributed by atoms with Crippen molar-refractivity contribution < 1.29 is 14.5 Å². The molecule has 3 aromatic carbocycles. The second-order valence-corrected chi connectivity index (χ2v) is 7.46. The average molecular weight is 429 g/mol. The van der Waals surface area contributed by atoms with Crippen molar-refractivity contribution in [2.45, 2.75) is 13.8 Å². The lowest BCUT2D eigenvalue weighted by atomic mass is 10.00. The molecule has 0 amide bonds. The molecule has 1 heterocycles. The zero-order chi connectivity index (χ0) is 23.0. The molecule has 0 fully saturated rings. The summed E-state index contributed by atoms with van der Waals surface area (Å²) >= 11 is 0. The highest BCUT2D eigenvalue weighted by molar-refractivity contribution is 5.95. The van der Waals surface area contributed by atoms with Crippen LogP contribution in [0.1, 0.15) is 21.5 Å². The van der Waals surface area contributed by atoms with Gasteiger partial charge in [0.2, 0.25) is 0 Å². The third-order valence-corrected chi connectivity index (χ3v) is 5.20. The molecule has 160 valence electrons. The minimum atomic E-state index is -0.607. The number of nitro groups is 1. The van der Waals surface area contributed by atoms with Crippen molar-refractivity contribution >= 4 is 22.4 Å². The fourth-order valence-corrected chi connectivity index (χ4v) is 3.63. The SMILES string of the molecule is Cc1cc(-c2nn(C)c(=O)c3ccccc23)cc(C)c1OC(=O)c1ccc([N+](=O)[O-])cc1. The van der Waals surface area contributed by atoms with Gasteiger partial charge in [0, 0.05) is 30.1 Å². The van der Waals surface area contributed by atoms with Crippen LogP contribution in [-0.2, 0) is 7.05 Å². The minimum Gasteiger partial charge on any atom is -0.422 e. The number of nitrogens with zero attached hydrogens (tertiary/aromatic N) is 3. The smallest absolute Gasteiger partial charge is 0.343 e. The first-order valence-corrected chi connectivity index (χ1v) is 9.80. The summed E-state index contributed by atoms with van der Waals surface area (Å²) in [5, 5.41) is 16.6. The number of nitro benzene ring substituents is 1. The molecule has 0 aliphatic carbocycles. The number of ether oxygens (including phenoxy) is 1. The van der Waals surface area contributed by atoms with Crippen molar-refractivity contribution in [2.24, 2.45) is 7.05 Å². The molecule has 4 rings (SSSR count). The predicted molar refractivity (Wildman–Crippen MR) is 120 cm³/mol. The molecule has 1 aromatic heterocycles. The first kappa shape index (κ1) is 20.9. The Labute approximate surface area is 182 Å². The fraction of sp³-hybridized carbons (Fsp3) is 0.125. The van der Waals surface area contributed by atoms with Gasteiger partial charge in [-0.3, -0.25) is 14.9 Å². The number of esters is 1. The third kappa shape index (κ3) is 3.74. The molecular formula is C24H19N3O5. The summed E-state index contributed by atoms with van der Waals surface area (Å²) in [5.41, 5.74) is 2.82. The number of aryl methyl sites for hydroxylation is 3. The van der Waals surface area contributed by atoms with Gasteiger partial charge in [0.1, 0.15) is 5.75 Å². The Bertz CT molecular complexity index is 1420. The van der Waals surface area contributed by atoms with Gasteiger partial charge in [0.15, 0.2) is 0 Å². The Morgan fingerprint density at radius 1 is 1.00 bits per heavy atom. The van der Waals surface area contributed by atoms with Crippen molar-refractivity contribution in [3.8, 4) is 17.0 Å². The van der Waals surface area contributed by atoms with E-state index < -0.39 is 10.9 Å². The zero-order valence-corrected chi connectivity index (χ0v) is 17.7. The van der Waals surface area contributed by atoms with Crippen LogP contribution in [0.5, 0.6) is 5.75 Å². The summed E-state index contributed by atoms with van der Waals surface area (Å²) < 4.78 is 6.91. The molecule has 0 bridgehead atoms. The number of hydrogen-bond donors (Lipinski definition) is 0. The molecule has 4 aromatic rings. The summed E-state index contributed by atoms with van der Waals surface area (Å²) in [7, 11) is 1.61. The van der Waals surface area contributed by atoms with Crippen LogP contribution in [0.15, 0.2) is 65.5 Å². The van der Waals surface area contributed by atoms with E-state index in [9.17, 15) is 19.7 Å². The number of carbonyl (C=O) groups is 1. The van der Waals surface area contributed by atoms with E-state index in [1.165, 1.54) is 28.9 Å².